The fourth-order valence-electron chi connectivity index (χ4n) is 1.70. The first-order chi connectivity index (χ1) is 8.31. The normalized spacial score (nSPS) is 10.9. The Labute approximate surface area is 107 Å². The van der Waals surface area contributed by atoms with Crippen molar-refractivity contribution in [3.63, 3.8) is 0 Å². The van der Waals surface area contributed by atoms with E-state index in [1.807, 2.05) is 6.20 Å². The van der Waals surface area contributed by atoms with Crippen LogP contribution in [0, 0.1) is 0 Å². The number of aryl methyl sites for hydroxylation is 2. The molecule has 92 valence electrons. The number of thiazole rings is 1. The molecule has 0 spiro atoms. The third-order valence-electron chi connectivity index (χ3n) is 2.73. The number of hydrogen-bond donors (Lipinski definition) is 1. The van der Waals surface area contributed by atoms with Gasteiger partial charge in [-0.25, -0.2) is 4.98 Å². The average Bonchev–Trinajstić information content (AvgIpc) is 2.97. The lowest BCUT2D eigenvalue weighted by molar-refractivity contribution is 0.685. The van der Waals surface area contributed by atoms with E-state index in [1.165, 1.54) is 15.4 Å². The van der Waals surface area contributed by atoms with E-state index in [0.29, 0.717) is 0 Å². The number of rotatable bonds is 6. The van der Waals surface area contributed by atoms with Crippen LogP contribution in [-0.4, -0.2) is 9.55 Å². The highest BCUT2D eigenvalue weighted by Crippen LogP contribution is 2.13. The Morgan fingerprint density at radius 1 is 1.35 bits per heavy atom. The van der Waals surface area contributed by atoms with Gasteiger partial charge in [0.25, 0.3) is 0 Å². The Hall–Kier alpha value is -1.13. The standard InChI is InChI=1S/C13H19N3S/c1-3-12-8-15-13(17-12)9-14-7-11-5-6-16(4-2)10-11/h5-6,8,10,14H,3-4,7,9H2,1-2H3. The van der Waals surface area contributed by atoms with Crippen molar-refractivity contribution in [3.8, 4) is 0 Å². The van der Waals surface area contributed by atoms with Crippen molar-refractivity contribution in [2.24, 2.45) is 0 Å². The zero-order valence-corrected chi connectivity index (χ0v) is 11.3. The van der Waals surface area contributed by atoms with Crippen LogP contribution >= 0.6 is 11.3 Å². The van der Waals surface area contributed by atoms with Crippen molar-refractivity contribution in [2.75, 3.05) is 0 Å². The topological polar surface area (TPSA) is 29.9 Å². The van der Waals surface area contributed by atoms with Crippen molar-refractivity contribution in [1.29, 1.82) is 0 Å². The van der Waals surface area contributed by atoms with Crippen LogP contribution in [0.5, 0.6) is 0 Å². The fourth-order valence-corrected chi connectivity index (χ4v) is 2.53. The zero-order valence-electron chi connectivity index (χ0n) is 10.4. The summed E-state index contributed by atoms with van der Waals surface area (Å²) in [5.74, 6) is 0. The summed E-state index contributed by atoms with van der Waals surface area (Å²) >= 11 is 1.80. The van der Waals surface area contributed by atoms with Gasteiger partial charge in [-0.3, -0.25) is 0 Å². The maximum atomic E-state index is 4.39. The van der Waals surface area contributed by atoms with Crippen molar-refractivity contribution in [1.82, 2.24) is 14.9 Å². The Morgan fingerprint density at radius 3 is 2.88 bits per heavy atom. The minimum absolute atomic E-state index is 0.863. The molecular weight excluding hydrogens is 230 g/mol. The maximum absolute atomic E-state index is 4.39. The van der Waals surface area contributed by atoms with E-state index in [4.69, 9.17) is 0 Å². The van der Waals surface area contributed by atoms with Gasteiger partial charge < -0.3 is 9.88 Å². The van der Waals surface area contributed by atoms with Crippen LogP contribution in [0.4, 0.5) is 0 Å². The van der Waals surface area contributed by atoms with Gasteiger partial charge >= 0.3 is 0 Å². The zero-order chi connectivity index (χ0) is 12.1. The molecule has 2 rings (SSSR count). The minimum atomic E-state index is 0.863. The third kappa shape index (κ3) is 3.41. The van der Waals surface area contributed by atoms with Gasteiger partial charge in [-0.05, 0) is 25.0 Å². The quantitative estimate of drug-likeness (QED) is 0.853. The van der Waals surface area contributed by atoms with Gasteiger partial charge in [-0.2, -0.15) is 0 Å². The van der Waals surface area contributed by atoms with Gasteiger partial charge in [-0.1, -0.05) is 6.92 Å². The van der Waals surface area contributed by atoms with Gasteiger partial charge in [-0.15, -0.1) is 11.3 Å². The number of nitrogens with one attached hydrogen (secondary N) is 1. The molecule has 0 amide bonds. The summed E-state index contributed by atoms with van der Waals surface area (Å²) in [4.78, 5) is 5.75. The molecule has 2 heterocycles. The monoisotopic (exact) mass is 249 g/mol. The third-order valence-corrected chi connectivity index (χ3v) is 3.87. The molecule has 0 saturated carbocycles. The van der Waals surface area contributed by atoms with Gasteiger partial charge in [0.15, 0.2) is 0 Å². The van der Waals surface area contributed by atoms with Gasteiger partial charge in [0.1, 0.15) is 5.01 Å². The molecule has 0 radical (unpaired) electrons. The Morgan fingerprint density at radius 2 is 2.24 bits per heavy atom. The van der Waals surface area contributed by atoms with E-state index in [0.717, 1.165) is 26.1 Å². The average molecular weight is 249 g/mol. The largest absolute Gasteiger partial charge is 0.354 e. The molecule has 0 aromatic carbocycles. The van der Waals surface area contributed by atoms with Crippen molar-refractivity contribution in [3.05, 3.63) is 40.1 Å². The molecule has 1 N–H and O–H groups in total. The molecule has 0 unspecified atom stereocenters. The summed E-state index contributed by atoms with van der Waals surface area (Å²) in [7, 11) is 0. The molecule has 0 aliphatic heterocycles. The van der Waals surface area contributed by atoms with Crippen LogP contribution in [0.2, 0.25) is 0 Å². The molecule has 2 aromatic rings. The molecule has 0 aliphatic rings. The summed E-state index contributed by atoms with van der Waals surface area (Å²) in [6, 6.07) is 2.16. The summed E-state index contributed by atoms with van der Waals surface area (Å²) in [6.07, 6.45) is 7.37. The molecule has 3 nitrogen and oxygen atoms in total. The first-order valence-corrected chi connectivity index (χ1v) is 6.92. The van der Waals surface area contributed by atoms with Crippen LogP contribution in [0.25, 0.3) is 0 Å². The number of aromatic nitrogens is 2. The second-order valence-electron chi connectivity index (χ2n) is 4.03. The van der Waals surface area contributed by atoms with Crippen molar-refractivity contribution >= 4 is 11.3 Å². The van der Waals surface area contributed by atoms with E-state index in [-0.39, 0.29) is 0 Å². The summed E-state index contributed by atoms with van der Waals surface area (Å²) in [6.45, 7) is 7.12. The summed E-state index contributed by atoms with van der Waals surface area (Å²) < 4.78 is 2.19. The van der Waals surface area contributed by atoms with E-state index in [1.54, 1.807) is 11.3 Å². The highest BCUT2D eigenvalue weighted by atomic mass is 32.1. The van der Waals surface area contributed by atoms with Crippen molar-refractivity contribution < 1.29 is 0 Å². The molecule has 0 fully saturated rings. The second kappa shape index (κ2) is 5.98. The highest BCUT2D eigenvalue weighted by molar-refractivity contribution is 7.11. The van der Waals surface area contributed by atoms with E-state index in [9.17, 15) is 0 Å². The molecule has 0 atom stereocenters. The molecule has 0 bridgehead atoms. The van der Waals surface area contributed by atoms with Crippen LogP contribution < -0.4 is 5.32 Å². The molecule has 0 saturated heterocycles. The Balaban J connectivity index is 1.79. The number of nitrogens with zero attached hydrogens (tertiary/aromatic N) is 2. The number of hydrogen-bond acceptors (Lipinski definition) is 3. The first-order valence-electron chi connectivity index (χ1n) is 6.10. The predicted molar refractivity (Wildman–Crippen MR) is 72.1 cm³/mol. The predicted octanol–water partition coefficient (Wildman–Crippen LogP) is 2.82. The van der Waals surface area contributed by atoms with E-state index < -0.39 is 0 Å². The first kappa shape index (κ1) is 12.3. The lowest BCUT2D eigenvalue weighted by Crippen LogP contribution is -2.11. The Bertz CT molecular complexity index is 416. The smallest absolute Gasteiger partial charge is 0.107 e. The van der Waals surface area contributed by atoms with Crippen LogP contribution in [-0.2, 0) is 26.1 Å². The van der Waals surface area contributed by atoms with E-state index in [2.05, 4.69) is 47.2 Å². The maximum Gasteiger partial charge on any atom is 0.107 e. The molecule has 17 heavy (non-hydrogen) atoms. The van der Waals surface area contributed by atoms with Crippen LogP contribution in [0.15, 0.2) is 24.7 Å². The molecular formula is C13H19N3S. The van der Waals surface area contributed by atoms with Gasteiger partial charge in [0, 0.05) is 43.1 Å². The molecule has 4 heteroatoms. The second-order valence-corrected chi connectivity index (χ2v) is 5.23. The molecule has 0 aliphatic carbocycles. The molecule has 2 aromatic heterocycles. The van der Waals surface area contributed by atoms with Crippen LogP contribution in [0.3, 0.4) is 0 Å². The van der Waals surface area contributed by atoms with Crippen LogP contribution in [0.1, 0.15) is 29.3 Å². The Kier molecular flexibility index (Phi) is 4.34. The fraction of sp³-hybridized carbons (Fsp3) is 0.462. The lowest BCUT2D eigenvalue weighted by atomic mass is 10.3. The highest BCUT2D eigenvalue weighted by Gasteiger charge is 2.00. The lowest BCUT2D eigenvalue weighted by Gasteiger charge is -2.00. The van der Waals surface area contributed by atoms with E-state index >= 15 is 0 Å². The summed E-state index contributed by atoms with van der Waals surface area (Å²) in [5, 5.41) is 4.60. The van der Waals surface area contributed by atoms with Gasteiger partial charge in [0.2, 0.25) is 0 Å². The SMILES string of the molecule is CCc1cnc(CNCc2ccn(CC)c2)s1. The summed E-state index contributed by atoms with van der Waals surface area (Å²) in [5.41, 5.74) is 1.33. The van der Waals surface area contributed by atoms with Gasteiger partial charge in [0.05, 0.1) is 0 Å². The minimum Gasteiger partial charge on any atom is -0.354 e. The van der Waals surface area contributed by atoms with Crippen molar-refractivity contribution in [2.45, 2.75) is 39.9 Å².